The zero-order valence-electron chi connectivity index (χ0n) is 12.5. The molecule has 0 aliphatic heterocycles. The van der Waals surface area contributed by atoms with E-state index in [9.17, 15) is 5.11 Å². The molecule has 2 atom stereocenters. The van der Waals surface area contributed by atoms with Crippen LogP contribution in [-0.2, 0) is 0 Å². The van der Waals surface area contributed by atoms with Gasteiger partial charge in [0.15, 0.2) is 0 Å². The topological polar surface area (TPSA) is 61.8 Å². The van der Waals surface area contributed by atoms with E-state index in [1.54, 1.807) is 12.4 Å². The van der Waals surface area contributed by atoms with Crippen LogP contribution in [0.2, 0.25) is 0 Å². The van der Waals surface area contributed by atoms with E-state index in [2.05, 4.69) is 34.2 Å². The molecule has 22 heavy (non-hydrogen) atoms. The third-order valence-electron chi connectivity index (χ3n) is 3.92. The number of aromatic amines is 1. The summed E-state index contributed by atoms with van der Waals surface area (Å²) < 4.78 is 0. The highest BCUT2D eigenvalue weighted by Gasteiger charge is 2.20. The Kier molecular flexibility index (Phi) is 4.30. The number of nitrogens with zero attached hydrogens (tertiary/aromatic N) is 2. The standard InChI is InChI=1S/C18H19N3O/c1-13(14-5-3-2-4-6-14)11-17(22)18-16(12-20-21-18)15-7-9-19-10-8-15/h2-10,12-13,17,22H,11H2,1H3,(H,20,21). The molecule has 3 rings (SSSR count). The van der Waals surface area contributed by atoms with Crippen molar-refractivity contribution in [2.45, 2.75) is 25.4 Å². The number of aliphatic hydroxyl groups is 1. The predicted octanol–water partition coefficient (Wildman–Crippen LogP) is 3.70. The van der Waals surface area contributed by atoms with Crippen LogP contribution in [-0.4, -0.2) is 20.3 Å². The number of hydrogen-bond donors (Lipinski definition) is 2. The van der Waals surface area contributed by atoms with Crippen molar-refractivity contribution in [3.05, 3.63) is 72.3 Å². The Labute approximate surface area is 129 Å². The lowest BCUT2D eigenvalue weighted by Gasteiger charge is -2.16. The number of benzene rings is 1. The molecule has 0 bridgehead atoms. The molecule has 2 aromatic heterocycles. The second kappa shape index (κ2) is 6.54. The molecule has 2 unspecified atom stereocenters. The smallest absolute Gasteiger partial charge is 0.0990 e. The summed E-state index contributed by atoms with van der Waals surface area (Å²) in [5.74, 6) is 0.262. The third kappa shape index (κ3) is 3.07. The molecule has 0 aliphatic carbocycles. The van der Waals surface area contributed by atoms with Gasteiger partial charge in [-0.05, 0) is 35.6 Å². The van der Waals surface area contributed by atoms with E-state index in [-0.39, 0.29) is 5.92 Å². The van der Waals surface area contributed by atoms with E-state index >= 15 is 0 Å². The first-order chi connectivity index (χ1) is 10.8. The van der Waals surface area contributed by atoms with Gasteiger partial charge in [-0.3, -0.25) is 10.1 Å². The van der Waals surface area contributed by atoms with E-state index in [0.29, 0.717) is 12.1 Å². The third-order valence-corrected chi connectivity index (χ3v) is 3.92. The summed E-state index contributed by atoms with van der Waals surface area (Å²) in [6.07, 6.45) is 5.33. The van der Waals surface area contributed by atoms with Crippen LogP contribution in [0.3, 0.4) is 0 Å². The molecule has 2 N–H and O–H groups in total. The molecule has 0 aliphatic rings. The van der Waals surface area contributed by atoms with Gasteiger partial charge in [0.25, 0.3) is 0 Å². The first-order valence-corrected chi connectivity index (χ1v) is 7.43. The summed E-state index contributed by atoms with van der Waals surface area (Å²) >= 11 is 0. The van der Waals surface area contributed by atoms with Crippen molar-refractivity contribution in [3.8, 4) is 11.1 Å². The van der Waals surface area contributed by atoms with Crippen molar-refractivity contribution in [1.29, 1.82) is 0 Å². The Balaban J connectivity index is 1.79. The van der Waals surface area contributed by atoms with Gasteiger partial charge in [-0.25, -0.2) is 0 Å². The molecule has 0 spiro atoms. The van der Waals surface area contributed by atoms with Gasteiger partial charge in [0.2, 0.25) is 0 Å². The van der Waals surface area contributed by atoms with Crippen LogP contribution in [0.25, 0.3) is 11.1 Å². The van der Waals surface area contributed by atoms with E-state index in [4.69, 9.17) is 0 Å². The van der Waals surface area contributed by atoms with Crippen molar-refractivity contribution in [2.75, 3.05) is 0 Å². The first kappa shape index (κ1) is 14.5. The first-order valence-electron chi connectivity index (χ1n) is 7.43. The van der Waals surface area contributed by atoms with Gasteiger partial charge in [0.05, 0.1) is 11.8 Å². The molecule has 2 heterocycles. The highest BCUT2D eigenvalue weighted by atomic mass is 16.3. The van der Waals surface area contributed by atoms with Crippen LogP contribution in [0.1, 0.15) is 36.6 Å². The van der Waals surface area contributed by atoms with E-state index < -0.39 is 6.10 Å². The van der Waals surface area contributed by atoms with Crippen LogP contribution < -0.4 is 0 Å². The Morgan fingerprint density at radius 3 is 2.55 bits per heavy atom. The van der Waals surface area contributed by atoms with Gasteiger partial charge in [-0.2, -0.15) is 5.10 Å². The molecule has 1 aromatic carbocycles. The van der Waals surface area contributed by atoms with E-state index in [1.165, 1.54) is 5.56 Å². The highest BCUT2D eigenvalue weighted by Crippen LogP contribution is 2.32. The summed E-state index contributed by atoms with van der Waals surface area (Å²) in [4.78, 5) is 4.02. The monoisotopic (exact) mass is 293 g/mol. The number of aromatic nitrogens is 3. The molecule has 0 fully saturated rings. The van der Waals surface area contributed by atoms with Gasteiger partial charge in [-0.1, -0.05) is 37.3 Å². The Morgan fingerprint density at radius 2 is 1.82 bits per heavy atom. The summed E-state index contributed by atoms with van der Waals surface area (Å²) in [6.45, 7) is 2.12. The Bertz CT molecular complexity index is 709. The van der Waals surface area contributed by atoms with Crippen LogP contribution in [0.15, 0.2) is 61.1 Å². The number of nitrogens with one attached hydrogen (secondary N) is 1. The lowest BCUT2D eigenvalue weighted by molar-refractivity contribution is 0.155. The maximum Gasteiger partial charge on any atom is 0.0990 e. The fourth-order valence-electron chi connectivity index (χ4n) is 2.68. The summed E-state index contributed by atoms with van der Waals surface area (Å²) in [6, 6.07) is 14.1. The maximum absolute atomic E-state index is 10.6. The van der Waals surface area contributed by atoms with Crippen molar-refractivity contribution in [3.63, 3.8) is 0 Å². The molecule has 0 radical (unpaired) electrons. The average molecular weight is 293 g/mol. The fourth-order valence-corrected chi connectivity index (χ4v) is 2.68. The number of hydrogen-bond acceptors (Lipinski definition) is 3. The second-order valence-corrected chi connectivity index (χ2v) is 5.48. The molecule has 3 aromatic rings. The quantitative estimate of drug-likeness (QED) is 0.754. The van der Waals surface area contributed by atoms with Crippen molar-refractivity contribution >= 4 is 0 Å². The zero-order chi connectivity index (χ0) is 15.4. The van der Waals surface area contributed by atoms with Crippen LogP contribution in [0.4, 0.5) is 0 Å². The normalized spacial score (nSPS) is 13.7. The lowest BCUT2D eigenvalue weighted by Crippen LogP contribution is -2.05. The van der Waals surface area contributed by atoms with Crippen molar-refractivity contribution < 1.29 is 5.11 Å². The Morgan fingerprint density at radius 1 is 1.09 bits per heavy atom. The highest BCUT2D eigenvalue weighted by molar-refractivity contribution is 5.64. The van der Waals surface area contributed by atoms with E-state index in [1.807, 2.05) is 36.5 Å². The van der Waals surface area contributed by atoms with Gasteiger partial charge in [-0.15, -0.1) is 0 Å². The molecule has 4 nitrogen and oxygen atoms in total. The SMILES string of the molecule is CC(CC(O)c1n[nH]cc1-c1ccncc1)c1ccccc1. The minimum atomic E-state index is -0.607. The van der Waals surface area contributed by atoms with Crippen LogP contribution in [0, 0.1) is 0 Å². The lowest BCUT2D eigenvalue weighted by atomic mass is 9.92. The van der Waals surface area contributed by atoms with Gasteiger partial charge in [0.1, 0.15) is 0 Å². The summed E-state index contributed by atoms with van der Waals surface area (Å²) in [5.41, 5.74) is 3.84. The van der Waals surface area contributed by atoms with E-state index in [0.717, 1.165) is 11.1 Å². The Hall–Kier alpha value is -2.46. The summed E-state index contributed by atoms with van der Waals surface area (Å²) in [7, 11) is 0. The largest absolute Gasteiger partial charge is 0.387 e. The summed E-state index contributed by atoms with van der Waals surface area (Å²) in [5, 5.41) is 17.7. The second-order valence-electron chi connectivity index (χ2n) is 5.48. The molecular formula is C18H19N3O. The molecular weight excluding hydrogens is 274 g/mol. The molecule has 0 saturated heterocycles. The minimum Gasteiger partial charge on any atom is -0.387 e. The average Bonchev–Trinajstić information content (AvgIpc) is 3.06. The number of rotatable bonds is 5. The molecule has 112 valence electrons. The van der Waals surface area contributed by atoms with Gasteiger partial charge in [0, 0.05) is 24.2 Å². The van der Waals surface area contributed by atoms with Crippen LogP contribution in [0.5, 0.6) is 0 Å². The zero-order valence-corrected chi connectivity index (χ0v) is 12.5. The molecule has 4 heteroatoms. The van der Waals surface area contributed by atoms with Gasteiger partial charge < -0.3 is 5.11 Å². The number of aliphatic hydroxyl groups excluding tert-OH is 1. The van der Waals surface area contributed by atoms with Crippen molar-refractivity contribution in [1.82, 2.24) is 15.2 Å². The predicted molar refractivity (Wildman–Crippen MR) is 86.3 cm³/mol. The maximum atomic E-state index is 10.6. The fraction of sp³-hybridized carbons (Fsp3) is 0.222. The molecule has 0 amide bonds. The van der Waals surface area contributed by atoms with Crippen LogP contribution >= 0.6 is 0 Å². The number of H-pyrrole nitrogens is 1. The van der Waals surface area contributed by atoms with Crippen molar-refractivity contribution in [2.24, 2.45) is 0 Å². The van der Waals surface area contributed by atoms with Gasteiger partial charge >= 0.3 is 0 Å². The minimum absolute atomic E-state index is 0.262. The molecule has 0 saturated carbocycles. The number of pyridine rings is 1.